The molecule has 0 saturated heterocycles. The van der Waals surface area contributed by atoms with Crippen molar-refractivity contribution in [1.29, 1.82) is 0 Å². The summed E-state index contributed by atoms with van der Waals surface area (Å²) in [6.07, 6.45) is 4.69. The van der Waals surface area contributed by atoms with Crippen LogP contribution in [0.3, 0.4) is 0 Å². The summed E-state index contributed by atoms with van der Waals surface area (Å²) in [4.78, 5) is 24.8. The van der Waals surface area contributed by atoms with E-state index in [0.29, 0.717) is 16.5 Å². The van der Waals surface area contributed by atoms with E-state index < -0.39 is 6.10 Å². The number of nitrogens with zero attached hydrogens (tertiary/aromatic N) is 1. The van der Waals surface area contributed by atoms with Gasteiger partial charge in [-0.2, -0.15) is 5.10 Å². The summed E-state index contributed by atoms with van der Waals surface area (Å²) in [5.41, 5.74) is 5.67. The van der Waals surface area contributed by atoms with Gasteiger partial charge in [-0.05, 0) is 75.1 Å². The van der Waals surface area contributed by atoms with Gasteiger partial charge in [-0.15, -0.1) is 0 Å². The predicted octanol–water partition coefficient (Wildman–Crippen LogP) is 5.47. The molecule has 7 heteroatoms. The molecule has 3 rings (SSSR count). The van der Waals surface area contributed by atoms with Gasteiger partial charge in [-0.3, -0.25) is 9.59 Å². The molecule has 2 aromatic rings. The van der Waals surface area contributed by atoms with Crippen molar-refractivity contribution in [2.75, 3.05) is 5.32 Å². The van der Waals surface area contributed by atoms with E-state index in [0.717, 1.165) is 42.5 Å². The molecule has 1 unspecified atom stereocenters. The molecule has 1 atom stereocenters. The molecule has 6 nitrogen and oxygen atoms in total. The molecule has 1 aliphatic rings. The Bertz CT molecular complexity index is 982. The molecular formula is C25H30ClN3O3. The van der Waals surface area contributed by atoms with Crippen LogP contribution in [0.1, 0.15) is 57.1 Å². The summed E-state index contributed by atoms with van der Waals surface area (Å²) in [5.74, 6) is 0.460. The van der Waals surface area contributed by atoms with E-state index in [9.17, 15) is 9.59 Å². The number of benzene rings is 2. The van der Waals surface area contributed by atoms with Crippen molar-refractivity contribution in [1.82, 2.24) is 5.43 Å². The van der Waals surface area contributed by atoms with E-state index >= 15 is 0 Å². The number of amides is 2. The zero-order valence-electron chi connectivity index (χ0n) is 18.8. The highest BCUT2D eigenvalue weighted by Crippen LogP contribution is 2.25. The zero-order chi connectivity index (χ0) is 23.1. The third-order valence-electron chi connectivity index (χ3n) is 5.69. The first-order valence-corrected chi connectivity index (χ1v) is 11.4. The molecule has 32 heavy (non-hydrogen) atoms. The van der Waals surface area contributed by atoms with Gasteiger partial charge in [-0.1, -0.05) is 43.0 Å². The molecule has 170 valence electrons. The standard InChI is InChI=1S/C25H30ClN3O3/c1-16-15-21(26)11-14-23(16)32-18(3)24(30)29-28-17(2)19-9-12-22(13-10-19)27-25(31)20-7-5-4-6-8-20/h9-15,18,20H,4-8H2,1-3H3,(H,27,31)(H,29,30)/b28-17+. The molecule has 0 spiro atoms. The number of ether oxygens (including phenoxy) is 1. The van der Waals surface area contributed by atoms with Crippen LogP contribution < -0.4 is 15.5 Å². The van der Waals surface area contributed by atoms with Crippen LogP contribution in [0.5, 0.6) is 5.75 Å². The average molecular weight is 456 g/mol. The minimum atomic E-state index is -0.719. The molecular weight excluding hydrogens is 426 g/mol. The number of anilines is 1. The van der Waals surface area contributed by atoms with Gasteiger partial charge in [0.1, 0.15) is 5.75 Å². The molecule has 1 fully saturated rings. The third-order valence-corrected chi connectivity index (χ3v) is 5.93. The largest absolute Gasteiger partial charge is 0.481 e. The van der Waals surface area contributed by atoms with Crippen LogP contribution in [0, 0.1) is 12.8 Å². The molecule has 0 aromatic heterocycles. The fourth-order valence-electron chi connectivity index (χ4n) is 3.69. The Morgan fingerprint density at radius 2 is 1.78 bits per heavy atom. The first-order chi connectivity index (χ1) is 15.3. The predicted molar refractivity (Wildman–Crippen MR) is 128 cm³/mol. The normalized spacial score (nSPS) is 15.7. The highest BCUT2D eigenvalue weighted by Gasteiger charge is 2.21. The Morgan fingerprint density at radius 1 is 1.09 bits per heavy atom. The minimum absolute atomic E-state index is 0.0972. The third kappa shape index (κ3) is 6.57. The van der Waals surface area contributed by atoms with Gasteiger partial charge in [0.15, 0.2) is 6.10 Å². The summed E-state index contributed by atoms with van der Waals surface area (Å²) in [6.45, 7) is 5.35. The van der Waals surface area contributed by atoms with Gasteiger partial charge in [-0.25, -0.2) is 5.43 Å². The fraction of sp³-hybridized carbons (Fsp3) is 0.400. The highest BCUT2D eigenvalue weighted by molar-refractivity contribution is 6.30. The lowest BCUT2D eigenvalue weighted by Gasteiger charge is -2.20. The average Bonchev–Trinajstić information content (AvgIpc) is 2.80. The molecule has 2 amide bonds. The number of hydrazone groups is 1. The van der Waals surface area contributed by atoms with E-state index in [1.54, 1.807) is 25.1 Å². The number of nitrogens with one attached hydrogen (secondary N) is 2. The van der Waals surface area contributed by atoms with Crippen molar-refractivity contribution in [3.05, 3.63) is 58.6 Å². The molecule has 1 aliphatic carbocycles. The lowest BCUT2D eigenvalue weighted by molar-refractivity contribution is -0.127. The Kier molecular flexibility index (Phi) is 8.28. The maximum absolute atomic E-state index is 12.4. The maximum atomic E-state index is 12.4. The van der Waals surface area contributed by atoms with Crippen molar-refractivity contribution in [2.45, 2.75) is 59.0 Å². The van der Waals surface area contributed by atoms with Gasteiger partial charge in [0.05, 0.1) is 5.71 Å². The summed E-state index contributed by atoms with van der Waals surface area (Å²) in [5, 5.41) is 7.80. The van der Waals surface area contributed by atoms with Gasteiger partial charge >= 0.3 is 0 Å². The van der Waals surface area contributed by atoms with Crippen molar-refractivity contribution in [3.63, 3.8) is 0 Å². The fourth-order valence-corrected chi connectivity index (χ4v) is 3.91. The van der Waals surface area contributed by atoms with Crippen LogP contribution in [-0.4, -0.2) is 23.6 Å². The first kappa shape index (κ1) is 23.8. The summed E-state index contributed by atoms with van der Waals surface area (Å²) in [6, 6.07) is 12.7. The lowest BCUT2D eigenvalue weighted by Crippen LogP contribution is -2.34. The van der Waals surface area contributed by atoms with E-state index in [2.05, 4.69) is 15.8 Å². The van der Waals surface area contributed by atoms with Crippen LogP contribution in [0.25, 0.3) is 0 Å². The number of hydrogen-bond donors (Lipinski definition) is 2. The Hall–Kier alpha value is -2.86. The SMILES string of the molecule is C/C(=N\NC(=O)C(C)Oc1ccc(Cl)cc1C)c1ccc(NC(=O)C2CCCCC2)cc1. The summed E-state index contributed by atoms with van der Waals surface area (Å²) < 4.78 is 5.72. The highest BCUT2D eigenvalue weighted by atomic mass is 35.5. The van der Waals surface area contributed by atoms with E-state index in [1.807, 2.05) is 38.1 Å². The molecule has 1 saturated carbocycles. The van der Waals surface area contributed by atoms with Crippen molar-refractivity contribution in [2.24, 2.45) is 11.0 Å². The molecule has 2 aromatic carbocycles. The van der Waals surface area contributed by atoms with Crippen LogP contribution in [0.4, 0.5) is 5.69 Å². The number of halogens is 1. The zero-order valence-corrected chi connectivity index (χ0v) is 19.5. The van der Waals surface area contributed by atoms with Crippen LogP contribution >= 0.6 is 11.6 Å². The van der Waals surface area contributed by atoms with Crippen molar-refractivity contribution < 1.29 is 14.3 Å². The minimum Gasteiger partial charge on any atom is -0.481 e. The molecule has 0 radical (unpaired) electrons. The molecule has 0 bridgehead atoms. The number of carbonyl (C=O) groups is 2. The number of hydrogen-bond acceptors (Lipinski definition) is 4. The second-order valence-corrected chi connectivity index (χ2v) is 8.68. The Labute approximate surface area is 194 Å². The quantitative estimate of drug-likeness (QED) is 0.428. The summed E-state index contributed by atoms with van der Waals surface area (Å²) >= 11 is 5.96. The van der Waals surface area contributed by atoms with E-state index in [1.165, 1.54) is 6.42 Å². The van der Waals surface area contributed by atoms with Crippen molar-refractivity contribution in [3.8, 4) is 5.75 Å². The smallest absolute Gasteiger partial charge is 0.280 e. The van der Waals surface area contributed by atoms with Gasteiger partial charge < -0.3 is 10.1 Å². The first-order valence-electron chi connectivity index (χ1n) is 11.0. The van der Waals surface area contributed by atoms with Crippen molar-refractivity contribution >= 4 is 34.8 Å². The van der Waals surface area contributed by atoms with Gasteiger partial charge in [0.25, 0.3) is 5.91 Å². The van der Waals surface area contributed by atoms with E-state index in [-0.39, 0.29) is 17.7 Å². The van der Waals surface area contributed by atoms with Crippen LogP contribution in [-0.2, 0) is 9.59 Å². The number of aryl methyl sites for hydroxylation is 1. The van der Waals surface area contributed by atoms with Crippen LogP contribution in [0.15, 0.2) is 47.6 Å². The maximum Gasteiger partial charge on any atom is 0.280 e. The second-order valence-electron chi connectivity index (χ2n) is 8.24. The molecule has 0 aliphatic heterocycles. The Balaban J connectivity index is 1.53. The summed E-state index contributed by atoms with van der Waals surface area (Å²) in [7, 11) is 0. The van der Waals surface area contributed by atoms with E-state index in [4.69, 9.17) is 16.3 Å². The molecule has 0 heterocycles. The van der Waals surface area contributed by atoms with Gasteiger partial charge in [0, 0.05) is 16.6 Å². The molecule has 2 N–H and O–H groups in total. The lowest BCUT2D eigenvalue weighted by atomic mass is 9.88. The number of carbonyl (C=O) groups excluding carboxylic acids is 2. The Morgan fingerprint density at radius 3 is 2.44 bits per heavy atom. The topological polar surface area (TPSA) is 79.8 Å². The second kappa shape index (κ2) is 11.1. The van der Waals surface area contributed by atoms with Crippen LogP contribution in [0.2, 0.25) is 5.02 Å². The monoisotopic (exact) mass is 455 g/mol. The number of rotatable bonds is 7. The van der Waals surface area contributed by atoms with Gasteiger partial charge in [0.2, 0.25) is 5.91 Å².